The minimum atomic E-state index is -1.81. The summed E-state index contributed by atoms with van der Waals surface area (Å²) >= 11 is 0. The number of hydrogen-bond acceptors (Lipinski definition) is 5. The van der Waals surface area contributed by atoms with Gasteiger partial charge >= 0.3 is 12.3 Å². The van der Waals surface area contributed by atoms with E-state index in [1.165, 1.54) is 0 Å². The van der Waals surface area contributed by atoms with E-state index in [9.17, 15) is 9.59 Å². The fraction of sp³-hybridized carbons (Fsp3) is 0.778. The van der Waals surface area contributed by atoms with Crippen LogP contribution >= 0.6 is 0 Å². The average molecular weight is 238 g/mol. The van der Waals surface area contributed by atoms with Crippen LogP contribution in [0.4, 0.5) is 9.59 Å². The smallest absolute Gasteiger partial charge is 0.449 e. The second-order valence-corrected chi connectivity index (χ2v) is 3.15. The molecule has 0 bridgehead atoms. The predicted octanol–water partition coefficient (Wildman–Crippen LogP) is 1.13. The van der Waals surface area contributed by atoms with E-state index in [0.717, 1.165) is 12.8 Å². The van der Waals surface area contributed by atoms with Gasteiger partial charge in [0, 0.05) is 12.5 Å². The van der Waals surface area contributed by atoms with Gasteiger partial charge < -0.3 is 25.2 Å². The summed E-state index contributed by atoms with van der Waals surface area (Å²) in [6.07, 6.45) is -2.17. The maximum Gasteiger partial charge on any atom is 0.516 e. The van der Waals surface area contributed by atoms with Crippen LogP contribution in [0, 0.1) is 5.92 Å². The molecule has 0 amide bonds. The molecular weight excluding hydrogens is 220 g/mol. The molecule has 0 fully saturated rings. The van der Waals surface area contributed by atoms with Crippen LogP contribution in [0.1, 0.15) is 26.7 Å². The zero-order valence-electron chi connectivity index (χ0n) is 9.29. The monoisotopic (exact) mass is 238 g/mol. The number of aliphatic hydroxyl groups excluding tert-OH is 2. The Hall–Kier alpha value is -1.34. The molecule has 0 spiro atoms. The van der Waals surface area contributed by atoms with Crippen LogP contribution in [-0.2, 0) is 4.74 Å². The van der Waals surface area contributed by atoms with E-state index in [0.29, 0.717) is 0 Å². The fourth-order valence-corrected chi connectivity index (χ4v) is 0.777. The molecular formula is C9H18O7. The van der Waals surface area contributed by atoms with E-state index in [4.69, 9.17) is 20.4 Å². The van der Waals surface area contributed by atoms with Gasteiger partial charge in [0.15, 0.2) is 0 Å². The van der Waals surface area contributed by atoms with E-state index in [2.05, 4.69) is 4.74 Å². The summed E-state index contributed by atoms with van der Waals surface area (Å²) in [5.74, 6) is 0.0324. The average Bonchev–Trinajstić information content (AvgIpc) is 2.15. The van der Waals surface area contributed by atoms with Crippen molar-refractivity contribution in [2.24, 2.45) is 5.92 Å². The lowest BCUT2D eigenvalue weighted by Gasteiger charge is -2.14. The van der Waals surface area contributed by atoms with Crippen LogP contribution in [0.25, 0.3) is 0 Å². The quantitative estimate of drug-likeness (QED) is 0.427. The number of carbonyl (C=O) groups is 2. The van der Waals surface area contributed by atoms with Crippen LogP contribution < -0.4 is 0 Å². The van der Waals surface area contributed by atoms with Gasteiger partial charge in [-0.15, -0.1) is 0 Å². The third-order valence-electron chi connectivity index (χ3n) is 1.70. The van der Waals surface area contributed by atoms with Crippen molar-refractivity contribution in [2.75, 3.05) is 6.61 Å². The number of ether oxygens (including phenoxy) is 1. The van der Waals surface area contributed by atoms with Crippen molar-refractivity contribution in [2.45, 2.75) is 32.8 Å². The minimum Gasteiger partial charge on any atom is -0.449 e. The molecule has 0 aromatic rings. The molecule has 0 radical (unpaired) electrons. The Morgan fingerprint density at radius 2 is 1.69 bits per heavy atom. The summed E-state index contributed by atoms with van der Waals surface area (Å²) in [7, 11) is 0. The minimum absolute atomic E-state index is 0.0324. The summed E-state index contributed by atoms with van der Waals surface area (Å²) in [4.78, 5) is 18.4. The molecule has 4 N–H and O–H groups in total. The third-order valence-corrected chi connectivity index (χ3v) is 1.70. The molecule has 96 valence electrons. The van der Waals surface area contributed by atoms with E-state index >= 15 is 0 Å². The van der Waals surface area contributed by atoms with Crippen LogP contribution in [0.15, 0.2) is 0 Å². The van der Waals surface area contributed by atoms with Crippen molar-refractivity contribution in [3.05, 3.63) is 0 Å². The van der Waals surface area contributed by atoms with Gasteiger partial charge in [0.25, 0.3) is 0 Å². The number of hydrogen-bond donors (Lipinski definition) is 4. The van der Waals surface area contributed by atoms with E-state index in [-0.39, 0.29) is 18.6 Å². The second-order valence-electron chi connectivity index (χ2n) is 3.15. The zero-order valence-corrected chi connectivity index (χ0v) is 9.29. The summed E-state index contributed by atoms with van der Waals surface area (Å²) in [5.41, 5.74) is 0. The second kappa shape index (κ2) is 10.2. The highest BCUT2D eigenvalue weighted by Crippen LogP contribution is 2.06. The molecule has 2 unspecified atom stereocenters. The molecule has 0 saturated heterocycles. The van der Waals surface area contributed by atoms with E-state index < -0.39 is 12.3 Å². The topological polar surface area (TPSA) is 124 Å². The maximum atomic E-state index is 9.21. The normalized spacial score (nSPS) is 13.0. The summed E-state index contributed by atoms with van der Waals surface area (Å²) in [5, 5.41) is 32.7. The van der Waals surface area contributed by atoms with Crippen molar-refractivity contribution < 1.29 is 34.8 Å². The highest BCUT2D eigenvalue weighted by molar-refractivity contribution is 5.74. The van der Waals surface area contributed by atoms with Crippen molar-refractivity contribution in [1.82, 2.24) is 0 Å². The first kappa shape index (κ1) is 17.1. The fourth-order valence-electron chi connectivity index (χ4n) is 0.777. The van der Waals surface area contributed by atoms with Crippen molar-refractivity contribution in [3.8, 4) is 0 Å². The molecule has 7 heteroatoms. The molecule has 7 nitrogen and oxygen atoms in total. The Bertz CT molecular complexity index is 192. The third kappa shape index (κ3) is 12.7. The van der Waals surface area contributed by atoms with Gasteiger partial charge in [0.1, 0.15) is 0 Å². The molecule has 0 saturated carbocycles. The van der Waals surface area contributed by atoms with Crippen molar-refractivity contribution in [3.63, 3.8) is 0 Å². The summed E-state index contributed by atoms with van der Waals surface area (Å²) in [6, 6.07) is 0. The number of rotatable bonds is 4. The first-order valence-corrected chi connectivity index (χ1v) is 4.77. The van der Waals surface area contributed by atoms with Gasteiger partial charge in [-0.2, -0.15) is 0 Å². The molecule has 0 aliphatic carbocycles. The lowest BCUT2D eigenvalue weighted by Crippen LogP contribution is -2.20. The molecule has 0 heterocycles. The first-order valence-electron chi connectivity index (χ1n) is 4.77. The number of carboxylic acid groups (broad SMARTS) is 2. The molecule has 0 aliphatic rings. The molecule has 0 aromatic heterocycles. The Labute approximate surface area is 93.3 Å². The maximum absolute atomic E-state index is 9.21. The largest absolute Gasteiger partial charge is 0.516 e. The highest BCUT2D eigenvalue weighted by atomic mass is 16.7. The first-order chi connectivity index (χ1) is 7.34. The number of aliphatic hydroxyl groups is 2. The summed E-state index contributed by atoms with van der Waals surface area (Å²) < 4.78 is 3.08. The Morgan fingerprint density at radius 1 is 1.25 bits per heavy atom. The molecule has 0 aliphatic heterocycles. The van der Waals surface area contributed by atoms with Crippen LogP contribution in [0.5, 0.6) is 0 Å². The van der Waals surface area contributed by atoms with Crippen LogP contribution in [0.2, 0.25) is 0 Å². The van der Waals surface area contributed by atoms with E-state index in [1.54, 1.807) is 0 Å². The molecule has 2 atom stereocenters. The lowest BCUT2D eigenvalue weighted by atomic mass is 10.0. The van der Waals surface area contributed by atoms with Crippen molar-refractivity contribution >= 4 is 12.3 Å². The Morgan fingerprint density at radius 3 is 1.88 bits per heavy atom. The zero-order chi connectivity index (χ0) is 13.1. The SMILES string of the molecule is CCCC(O)C(C)CO.O=C(O)OC(=O)O. The van der Waals surface area contributed by atoms with Crippen LogP contribution in [-0.4, -0.2) is 45.4 Å². The summed E-state index contributed by atoms with van der Waals surface area (Å²) in [6.45, 7) is 3.95. The van der Waals surface area contributed by atoms with Gasteiger partial charge in [-0.1, -0.05) is 20.3 Å². The van der Waals surface area contributed by atoms with Crippen molar-refractivity contribution in [1.29, 1.82) is 0 Å². The van der Waals surface area contributed by atoms with Gasteiger partial charge in [0.2, 0.25) is 0 Å². The Balaban J connectivity index is 0. The standard InChI is InChI=1S/C7H16O2.C2H2O5/c1-3-4-7(9)6(2)5-8;3-1(4)7-2(5)6/h6-9H,3-5H2,1-2H3;(H,3,4)(H,5,6). The molecule has 16 heavy (non-hydrogen) atoms. The van der Waals surface area contributed by atoms with Gasteiger partial charge in [-0.05, 0) is 6.42 Å². The molecule has 0 aromatic carbocycles. The van der Waals surface area contributed by atoms with E-state index in [1.807, 2.05) is 13.8 Å². The van der Waals surface area contributed by atoms with Crippen LogP contribution in [0.3, 0.4) is 0 Å². The highest BCUT2D eigenvalue weighted by Gasteiger charge is 2.10. The lowest BCUT2D eigenvalue weighted by molar-refractivity contribution is 0.0700. The predicted molar refractivity (Wildman–Crippen MR) is 54.3 cm³/mol. The Kier molecular flexibility index (Phi) is 10.9. The molecule has 0 rings (SSSR count). The van der Waals surface area contributed by atoms with Gasteiger partial charge in [0.05, 0.1) is 6.10 Å². The van der Waals surface area contributed by atoms with Gasteiger partial charge in [-0.25, -0.2) is 9.59 Å². The van der Waals surface area contributed by atoms with Gasteiger partial charge in [-0.3, -0.25) is 0 Å².